The fourth-order valence-corrected chi connectivity index (χ4v) is 6.47. The first-order valence-corrected chi connectivity index (χ1v) is 14.5. The highest BCUT2D eigenvalue weighted by molar-refractivity contribution is 6.04. The number of carbonyl (C=O) groups is 1. The summed E-state index contributed by atoms with van der Waals surface area (Å²) < 4.78 is 5.39. The van der Waals surface area contributed by atoms with Crippen molar-refractivity contribution < 1.29 is 9.90 Å². The van der Waals surface area contributed by atoms with Crippen molar-refractivity contribution in [3.05, 3.63) is 88.4 Å². The van der Waals surface area contributed by atoms with E-state index in [-0.39, 0.29) is 23.1 Å². The van der Waals surface area contributed by atoms with Gasteiger partial charge in [0, 0.05) is 35.5 Å². The van der Waals surface area contributed by atoms with Crippen LogP contribution in [-0.4, -0.2) is 46.1 Å². The number of aliphatic hydroxyl groups is 1. The molecular weight excluding hydrogens is 532 g/mol. The zero-order valence-electron chi connectivity index (χ0n) is 23.1. The fraction of sp³-hybridized carbons (Fsp3) is 0.323. The number of para-hydroxylation sites is 1. The molecule has 1 aromatic carbocycles. The molecule has 5 aromatic rings. The Balaban J connectivity index is 1.19. The highest BCUT2D eigenvalue weighted by Gasteiger charge is 2.29. The van der Waals surface area contributed by atoms with Gasteiger partial charge in [0.2, 0.25) is 0 Å². The average Bonchev–Trinajstić information content (AvgIpc) is 3.54. The lowest BCUT2D eigenvalue weighted by Gasteiger charge is -2.24. The van der Waals surface area contributed by atoms with Crippen LogP contribution in [0, 0.1) is 0 Å². The molecule has 1 saturated carbocycles. The number of nitrogens with one attached hydrogen (secondary N) is 1. The summed E-state index contributed by atoms with van der Waals surface area (Å²) in [5.74, 6) is 0.505. The SMILES string of the molecule is Nc1ncnn2c1c(-c1ccc(NC(=O)c3c4n(n(-c5ccccc5)c3=O)CCCC4)nc1)cc2[C@H]1CC[C@H](O)CC1. The van der Waals surface area contributed by atoms with Crippen LogP contribution in [0.5, 0.6) is 0 Å². The van der Waals surface area contributed by atoms with Crippen molar-refractivity contribution in [2.24, 2.45) is 0 Å². The molecule has 0 saturated heterocycles. The van der Waals surface area contributed by atoms with Gasteiger partial charge < -0.3 is 16.2 Å². The molecule has 0 spiro atoms. The van der Waals surface area contributed by atoms with Crippen molar-refractivity contribution in [1.82, 2.24) is 28.9 Å². The van der Waals surface area contributed by atoms with Gasteiger partial charge in [-0.3, -0.25) is 14.3 Å². The Morgan fingerprint density at radius 2 is 1.83 bits per heavy atom. The van der Waals surface area contributed by atoms with E-state index in [1.54, 1.807) is 16.9 Å². The number of amides is 1. The summed E-state index contributed by atoms with van der Waals surface area (Å²) in [6.45, 7) is 0.682. The van der Waals surface area contributed by atoms with Gasteiger partial charge in [0.25, 0.3) is 11.5 Å². The average molecular weight is 565 g/mol. The van der Waals surface area contributed by atoms with Gasteiger partial charge in [-0.05, 0) is 75.3 Å². The van der Waals surface area contributed by atoms with Crippen LogP contribution in [0.2, 0.25) is 0 Å². The van der Waals surface area contributed by atoms with Crippen LogP contribution >= 0.6 is 0 Å². The Bertz CT molecular complexity index is 1830. The lowest BCUT2D eigenvalue weighted by Crippen LogP contribution is -2.26. The molecule has 0 unspecified atom stereocenters. The van der Waals surface area contributed by atoms with E-state index >= 15 is 0 Å². The maximum atomic E-state index is 13.6. The van der Waals surface area contributed by atoms with Crippen LogP contribution in [0.1, 0.15) is 66.2 Å². The van der Waals surface area contributed by atoms with Crippen LogP contribution in [0.4, 0.5) is 11.6 Å². The first-order valence-electron chi connectivity index (χ1n) is 14.5. The van der Waals surface area contributed by atoms with E-state index in [0.717, 1.165) is 66.7 Å². The number of rotatable bonds is 5. The van der Waals surface area contributed by atoms with E-state index in [4.69, 9.17) is 5.73 Å². The number of hydrogen-bond donors (Lipinski definition) is 3. The lowest BCUT2D eigenvalue weighted by molar-refractivity contribution is 0.102. The predicted molar refractivity (Wildman–Crippen MR) is 159 cm³/mol. The molecule has 5 heterocycles. The van der Waals surface area contributed by atoms with Gasteiger partial charge >= 0.3 is 0 Å². The minimum atomic E-state index is -0.464. The number of pyridine rings is 1. The van der Waals surface area contributed by atoms with E-state index in [0.29, 0.717) is 30.1 Å². The van der Waals surface area contributed by atoms with Crippen molar-refractivity contribution in [3.8, 4) is 16.8 Å². The van der Waals surface area contributed by atoms with Crippen LogP contribution in [0.3, 0.4) is 0 Å². The molecule has 42 heavy (non-hydrogen) atoms. The number of fused-ring (bicyclic) bond motifs is 2. The second-order valence-electron chi connectivity index (χ2n) is 11.1. The normalized spacial score (nSPS) is 18.6. The van der Waals surface area contributed by atoms with E-state index < -0.39 is 5.91 Å². The molecule has 214 valence electrons. The molecular formula is C31H32N8O3. The molecule has 1 amide bonds. The summed E-state index contributed by atoms with van der Waals surface area (Å²) in [4.78, 5) is 35.8. The molecule has 1 aliphatic carbocycles. The van der Waals surface area contributed by atoms with Crippen LogP contribution in [0.25, 0.3) is 22.3 Å². The van der Waals surface area contributed by atoms with Crippen molar-refractivity contribution in [3.63, 3.8) is 0 Å². The van der Waals surface area contributed by atoms with Gasteiger partial charge in [0.15, 0.2) is 5.82 Å². The van der Waals surface area contributed by atoms with Crippen molar-refractivity contribution in [2.45, 2.75) is 63.5 Å². The van der Waals surface area contributed by atoms with Gasteiger partial charge in [0.1, 0.15) is 23.2 Å². The molecule has 4 aromatic heterocycles. The Kier molecular flexibility index (Phi) is 6.58. The molecule has 2 aliphatic rings. The predicted octanol–water partition coefficient (Wildman–Crippen LogP) is 3.93. The van der Waals surface area contributed by atoms with Crippen molar-refractivity contribution >= 4 is 23.1 Å². The number of nitrogens with zero attached hydrogens (tertiary/aromatic N) is 6. The van der Waals surface area contributed by atoms with Crippen LogP contribution < -0.4 is 16.6 Å². The standard InChI is InChI=1S/C31H32N8O3/c32-29-28-23(16-25(38(28)35-18-34-29)19-9-12-22(40)13-10-19)20-11-14-26(33-17-20)36-30(41)27-24-8-4-5-15-37(24)39(31(27)42)21-6-2-1-3-7-21/h1-3,6-7,11,14,16-19,22,40H,4-5,8-10,12-13,15H2,(H2,32,34,35)(H,33,36,41)/t19-,22-. The largest absolute Gasteiger partial charge is 0.393 e. The van der Waals surface area contributed by atoms with E-state index in [9.17, 15) is 14.7 Å². The van der Waals surface area contributed by atoms with E-state index in [1.165, 1.54) is 6.33 Å². The molecule has 11 heteroatoms. The third kappa shape index (κ3) is 4.46. The van der Waals surface area contributed by atoms with Crippen molar-refractivity contribution in [1.29, 1.82) is 0 Å². The third-order valence-electron chi connectivity index (χ3n) is 8.55. The van der Waals surface area contributed by atoms with Gasteiger partial charge in [0.05, 0.1) is 17.5 Å². The molecule has 7 rings (SSSR count). The maximum Gasteiger partial charge on any atom is 0.284 e. The molecule has 11 nitrogen and oxygen atoms in total. The molecule has 1 aliphatic heterocycles. The highest BCUT2D eigenvalue weighted by Crippen LogP contribution is 2.38. The number of benzene rings is 1. The zero-order chi connectivity index (χ0) is 28.8. The Labute approximate surface area is 241 Å². The smallest absolute Gasteiger partial charge is 0.284 e. The van der Waals surface area contributed by atoms with Gasteiger partial charge in [-0.15, -0.1) is 0 Å². The number of nitrogens with two attached hydrogens (primary N) is 1. The van der Waals surface area contributed by atoms with Crippen LogP contribution in [0.15, 0.2) is 65.8 Å². The summed E-state index contributed by atoms with van der Waals surface area (Å²) in [5.41, 5.74) is 11.0. The summed E-state index contributed by atoms with van der Waals surface area (Å²) in [6, 6.07) is 15.1. The first-order chi connectivity index (χ1) is 20.5. The van der Waals surface area contributed by atoms with Gasteiger partial charge in [-0.1, -0.05) is 18.2 Å². The summed E-state index contributed by atoms with van der Waals surface area (Å²) in [5, 5.41) is 17.3. The molecule has 0 bridgehead atoms. The number of anilines is 2. The second-order valence-corrected chi connectivity index (χ2v) is 11.1. The number of hydrogen-bond acceptors (Lipinski definition) is 7. The maximum absolute atomic E-state index is 13.6. The molecule has 1 fully saturated rings. The van der Waals surface area contributed by atoms with E-state index in [1.807, 2.05) is 45.6 Å². The first kappa shape index (κ1) is 26.1. The van der Waals surface area contributed by atoms with Crippen molar-refractivity contribution in [2.75, 3.05) is 11.1 Å². The van der Waals surface area contributed by atoms with Gasteiger partial charge in [-0.2, -0.15) is 5.10 Å². The Morgan fingerprint density at radius 1 is 1.02 bits per heavy atom. The third-order valence-corrected chi connectivity index (χ3v) is 8.55. The minimum absolute atomic E-state index is 0.162. The monoisotopic (exact) mass is 564 g/mol. The molecule has 0 radical (unpaired) electrons. The fourth-order valence-electron chi connectivity index (χ4n) is 6.47. The lowest BCUT2D eigenvalue weighted by atomic mass is 9.85. The minimum Gasteiger partial charge on any atom is -0.393 e. The quantitative estimate of drug-likeness (QED) is 0.293. The summed E-state index contributed by atoms with van der Waals surface area (Å²) in [6.07, 6.45) is 8.68. The number of carbonyl (C=O) groups excluding carboxylic acids is 1. The molecule has 4 N–H and O–H groups in total. The number of aromatic nitrogens is 6. The number of aliphatic hydroxyl groups excluding tert-OH is 1. The summed E-state index contributed by atoms with van der Waals surface area (Å²) >= 11 is 0. The summed E-state index contributed by atoms with van der Waals surface area (Å²) in [7, 11) is 0. The Morgan fingerprint density at radius 3 is 2.60 bits per heavy atom. The van der Waals surface area contributed by atoms with Crippen LogP contribution in [-0.2, 0) is 13.0 Å². The highest BCUT2D eigenvalue weighted by atomic mass is 16.3. The van der Waals surface area contributed by atoms with Gasteiger partial charge in [-0.25, -0.2) is 19.2 Å². The Hall–Kier alpha value is -4.77. The molecule has 0 atom stereocenters. The topological polar surface area (TPSA) is 145 Å². The zero-order valence-corrected chi connectivity index (χ0v) is 23.1. The number of nitrogen functional groups attached to an aromatic ring is 1. The second kappa shape index (κ2) is 10.6. The van der Waals surface area contributed by atoms with E-state index in [2.05, 4.69) is 26.4 Å².